The summed E-state index contributed by atoms with van der Waals surface area (Å²) in [6, 6.07) is 21.9. The van der Waals surface area contributed by atoms with Crippen LogP contribution in [-0.4, -0.2) is 39.2 Å². The van der Waals surface area contributed by atoms with Crippen molar-refractivity contribution in [1.82, 2.24) is 14.8 Å². The van der Waals surface area contributed by atoms with Crippen LogP contribution in [0.15, 0.2) is 83.4 Å². The number of benzene rings is 3. The largest absolute Gasteiger partial charge is 0.493 e. The Bertz CT molecular complexity index is 1670. The van der Waals surface area contributed by atoms with Gasteiger partial charge in [-0.2, -0.15) is 0 Å². The predicted molar refractivity (Wildman–Crippen MR) is 149 cm³/mol. The molecule has 0 saturated carbocycles. The first kappa shape index (κ1) is 27.2. The first-order valence-corrected chi connectivity index (χ1v) is 12.7. The molecular weight excluding hydrogens is 526 g/mol. The van der Waals surface area contributed by atoms with Gasteiger partial charge in [0.25, 0.3) is 0 Å². The smallest absolute Gasteiger partial charge is 0.307 e. The number of methoxy groups -OCH3 is 1. The summed E-state index contributed by atoms with van der Waals surface area (Å²) >= 11 is 0. The SMILES string of the molecule is COc1cc(COc2nn(-c3ccccc3)cc2C=O)ccc1OCc1nc(-c2cccc(CC(=O)O)c2)oc1C. The van der Waals surface area contributed by atoms with E-state index in [1.807, 2.05) is 42.5 Å². The van der Waals surface area contributed by atoms with Gasteiger partial charge in [0.05, 0.1) is 24.8 Å². The second-order valence-corrected chi connectivity index (χ2v) is 9.14. The first-order chi connectivity index (χ1) is 19.9. The second kappa shape index (κ2) is 12.2. The van der Waals surface area contributed by atoms with Gasteiger partial charge in [0, 0.05) is 11.8 Å². The molecule has 0 radical (unpaired) electrons. The minimum atomic E-state index is -0.907. The van der Waals surface area contributed by atoms with E-state index in [-0.39, 0.29) is 25.5 Å². The van der Waals surface area contributed by atoms with Gasteiger partial charge in [-0.25, -0.2) is 9.67 Å². The fourth-order valence-corrected chi connectivity index (χ4v) is 4.17. The molecule has 0 amide bonds. The molecule has 5 rings (SSSR count). The van der Waals surface area contributed by atoms with Gasteiger partial charge >= 0.3 is 5.97 Å². The third-order valence-corrected chi connectivity index (χ3v) is 6.24. The standard InChI is InChI=1S/C31H27N3O7/c1-20-26(32-30(41-20)23-8-6-7-21(13-23)15-29(36)37)19-39-27-12-11-22(14-28(27)38-2)18-40-31-24(17-35)16-34(33-31)25-9-4-3-5-10-25/h3-14,16-17H,15,18-19H2,1-2H3,(H,36,37). The molecule has 0 aliphatic heterocycles. The molecule has 0 aliphatic carbocycles. The molecule has 41 heavy (non-hydrogen) atoms. The van der Waals surface area contributed by atoms with Crippen molar-refractivity contribution in [2.75, 3.05) is 7.11 Å². The third-order valence-electron chi connectivity index (χ3n) is 6.24. The van der Waals surface area contributed by atoms with Crippen LogP contribution in [0.3, 0.4) is 0 Å². The van der Waals surface area contributed by atoms with E-state index < -0.39 is 5.97 Å². The lowest BCUT2D eigenvalue weighted by Gasteiger charge is -2.12. The highest BCUT2D eigenvalue weighted by Crippen LogP contribution is 2.31. The Morgan fingerprint density at radius 2 is 1.80 bits per heavy atom. The van der Waals surface area contributed by atoms with Gasteiger partial charge in [0.15, 0.2) is 17.8 Å². The summed E-state index contributed by atoms with van der Waals surface area (Å²) in [6.45, 7) is 2.09. The number of nitrogens with zero attached hydrogens (tertiary/aromatic N) is 3. The quantitative estimate of drug-likeness (QED) is 0.201. The number of carboxylic acid groups (broad SMARTS) is 1. The van der Waals surface area contributed by atoms with Crippen molar-refractivity contribution >= 4 is 12.3 Å². The minimum Gasteiger partial charge on any atom is -0.493 e. The van der Waals surface area contributed by atoms with Crippen LogP contribution >= 0.6 is 0 Å². The number of hydrogen-bond donors (Lipinski definition) is 1. The van der Waals surface area contributed by atoms with E-state index in [1.165, 1.54) is 0 Å². The Labute approximate surface area is 235 Å². The number of carboxylic acids is 1. The molecule has 208 valence electrons. The molecule has 10 nitrogen and oxygen atoms in total. The number of carbonyl (C=O) groups excluding carboxylic acids is 1. The number of carbonyl (C=O) groups is 2. The fraction of sp³-hybridized carbons (Fsp3) is 0.161. The number of oxazole rings is 1. The molecule has 0 aliphatic rings. The first-order valence-electron chi connectivity index (χ1n) is 12.7. The number of hydrogen-bond acceptors (Lipinski definition) is 8. The van der Waals surface area contributed by atoms with Crippen LogP contribution in [0.1, 0.15) is 32.9 Å². The van der Waals surface area contributed by atoms with E-state index in [2.05, 4.69) is 10.1 Å². The predicted octanol–water partition coefficient (Wildman–Crippen LogP) is 5.44. The Kier molecular flexibility index (Phi) is 8.10. The molecule has 0 saturated heterocycles. The maximum absolute atomic E-state index is 11.6. The molecule has 2 aromatic heterocycles. The second-order valence-electron chi connectivity index (χ2n) is 9.14. The van der Waals surface area contributed by atoms with E-state index in [4.69, 9.17) is 23.7 Å². The molecule has 5 aromatic rings. The third kappa shape index (κ3) is 6.44. The van der Waals surface area contributed by atoms with Gasteiger partial charge < -0.3 is 23.7 Å². The Hall–Kier alpha value is -5.38. The Balaban J connectivity index is 1.25. The van der Waals surface area contributed by atoms with Crippen LogP contribution in [0, 0.1) is 6.92 Å². The van der Waals surface area contributed by atoms with Crippen LogP contribution in [-0.2, 0) is 24.4 Å². The highest BCUT2D eigenvalue weighted by Gasteiger charge is 2.16. The summed E-state index contributed by atoms with van der Waals surface area (Å²) in [5.74, 6) is 1.31. The van der Waals surface area contributed by atoms with Gasteiger partial charge in [-0.3, -0.25) is 9.59 Å². The number of aryl methyl sites for hydroxylation is 1. The molecule has 0 spiro atoms. The average molecular weight is 554 g/mol. The number of aldehydes is 1. The number of ether oxygens (including phenoxy) is 3. The zero-order chi connectivity index (χ0) is 28.8. The zero-order valence-electron chi connectivity index (χ0n) is 22.4. The molecule has 0 bridgehead atoms. The van der Waals surface area contributed by atoms with Gasteiger partial charge in [0.2, 0.25) is 11.8 Å². The molecular formula is C31H27N3O7. The average Bonchev–Trinajstić information content (AvgIpc) is 3.58. The topological polar surface area (TPSA) is 126 Å². The highest BCUT2D eigenvalue weighted by atomic mass is 16.5. The molecule has 1 N–H and O–H groups in total. The van der Waals surface area contributed by atoms with Gasteiger partial charge in [-0.05, 0) is 54.4 Å². The van der Waals surface area contributed by atoms with Gasteiger partial charge in [-0.15, -0.1) is 5.10 Å². The maximum atomic E-state index is 11.6. The van der Waals surface area contributed by atoms with Crippen molar-refractivity contribution in [3.8, 4) is 34.5 Å². The summed E-state index contributed by atoms with van der Waals surface area (Å²) in [6.07, 6.45) is 2.25. The maximum Gasteiger partial charge on any atom is 0.307 e. The van der Waals surface area contributed by atoms with Crippen LogP contribution in [0.2, 0.25) is 0 Å². The lowest BCUT2D eigenvalue weighted by Crippen LogP contribution is -2.02. The molecule has 2 heterocycles. The van der Waals surface area contributed by atoms with Crippen LogP contribution in [0.25, 0.3) is 17.1 Å². The van der Waals surface area contributed by atoms with E-state index in [1.54, 1.807) is 55.2 Å². The normalized spacial score (nSPS) is 10.8. The molecule has 0 fully saturated rings. The molecule has 0 unspecified atom stereocenters. The Morgan fingerprint density at radius 1 is 0.976 bits per heavy atom. The van der Waals surface area contributed by atoms with Crippen molar-refractivity contribution in [3.63, 3.8) is 0 Å². The van der Waals surface area contributed by atoms with Gasteiger partial charge in [-0.1, -0.05) is 36.4 Å². The molecule has 10 heteroatoms. The van der Waals surface area contributed by atoms with E-state index in [0.717, 1.165) is 11.3 Å². The van der Waals surface area contributed by atoms with Crippen molar-refractivity contribution in [2.24, 2.45) is 0 Å². The van der Waals surface area contributed by atoms with Crippen LogP contribution < -0.4 is 14.2 Å². The van der Waals surface area contributed by atoms with E-state index >= 15 is 0 Å². The number of aromatic nitrogens is 3. The van der Waals surface area contributed by atoms with Crippen molar-refractivity contribution in [2.45, 2.75) is 26.6 Å². The van der Waals surface area contributed by atoms with E-state index in [9.17, 15) is 9.59 Å². The van der Waals surface area contributed by atoms with Crippen molar-refractivity contribution in [3.05, 3.63) is 107 Å². The monoisotopic (exact) mass is 553 g/mol. The van der Waals surface area contributed by atoms with Gasteiger partial charge in [0.1, 0.15) is 24.7 Å². The Morgan fingerprint density at radius 3 is 2.56 bits per heavy atom. The number of aliphatic carboxylic acids is 1. The van der Waals surface area contributed by atoms with Crippen molar-refractivity contribution in [1.29, 1.82) is 0 Å². The summed E-state index contributed by atoms with van der Waals surface area (Å²) in [5, 5.41) is 13.5. The lowest BCUT2D eigenvalue weighted by atomic mass is 10.1. The minimum absolute atomic E-state index is 0.0838. The zero-order valence-corrected chi connectivity index (χ0v) is 22.4. The summed E-state index contributed by atoms with van der Waals surface area (Å²) in [7, 11) is 1.54. The number of rotatable bonds is 12. The van der Waals surface area contributed by atoms with E-state index in [0.29, 0.717) is 51.8 Å². The summed E-state index contributed by atoms with van der Waals surface area (Å²) < 4.78 is 24.8. The van der Waals surface area contributed by atoms with Crippen LogP contribution in [0.4, 0.5) is 0 Å². The molecule has 3 aromatic carbocycles. The fourth-order valence-electron chi connectivity index (χ4n) is 4.17. The highest BCUT2D eigenvalue weighted by molar-refractivity contribution is 5.78. The molecule has 0 atom stereocenters. The summed E-state index contributed by atoms with van der Waals surface area (Å²) in [4.78, 5) is 27.2. The number of para-hydroxylation sites is 1. The van der Waals surface area contributed by atoms with Crippen LogP contribution in [0.5, 0.6) is 17.4 Å². The lowest BCUT2D eigenvalue weighted by molar-refractivity contribution is -0.136. The van der Waals surface area contributed by atoms with Crippen molar-refractivity contribution < 1.29 is 33.3 Å². The summed E-state index contributed by atoms with van der Waals surface area (Å²) in [5.41, 5.74) is 3.90.